The molecule has 0 spiro atoms. The number of hydrogen-bond donors (Lipinski definition) is 0. The van der Waals surface area contributed by atoms with Gasteiger partial charge in [0.25, 0.3) is 0 Å². The van der Waals surface area contributed by atoms with Gasteiger partial charge in [0, 0.05) is 14.2 Å². The SMILES string of the molecule is CCCCC=C[SiH](OC)OC. The maximum Gasteiger partial charge on any atom is 0.347 e. The van der Waals surface area contributed by atoms with E-state index in [1.807, 2.05) is 0 Å². The smallest absolute Gasteiger partial charge is 0.347 e. The predicted octanol–water partition coefficient (Wildman–Crippen LogP) is 1.79. The molecule has 0 radical (unpaired) electrons. The van der Waals surface area contributed by atoms with Crippen LogP contribution in [0.25, 0.3) is 0 Å². The monoisotopic (exact) mass is 174 g/mol. The molecular weight excluding hydrogens is 156 g/mol. The molecule has 0 fully saturated rings. The Morgan fingerprint density at radius 3 is 2.36 bits per heavy atom. The van der Waals surface area contributed by atoms with Crippen LogP contribution in [-0.2, 0) is 8.85 Å². The molecule has 0 aromatic carbocycles. The lowest BCUT2D eigenvalue weighted by Crippen LogP contribution is -2.15. The van der Waals surface area contributed by atoms with E-state index in [1.54, 1.807) is 14.2 Å². The zero-order valence-electron chi connectivity index (χ0n) is 7.67. The second kappa shape index (κ2) is 7.98. The van der Waals surface area contributed by atoms with E-state index in [9.17, 15) is 0 Å². The summed E-state index contributed by atoms with van der Waals surface area (Å²) in [7, 11) is 1.98. The summed E-state index contributed by atoms with van der Waals surface area (Å²) < 4.78 is 10.2. The first-order chi connectivity index (χ1) is 5.35. The van der Waals surface area contributed by atoms with E-state index in [-0.39, 0.29) is 0 Å². The van der Waals surface area contributed by atoms with Crippen LogP contribution in [-0.4, -0.2) is 23.5 Å². The Kier molecular flexibility index (Phi) is 7.89. The van der Waals surface area contributed by atoms with Gasteiger partial charge in [-0.1, -0.05) is 25.8 Å². The van der Waals surface area contributed by atoms with E-state index in [1.165, 1.54) is 12.8 Å². The van der Waals surface area contributed by atoms with E-state index in [0.29, 0.717) is 0 Å². The van der Waals surface area contributed by atoms with Gasteiger partial charge < -0.3 is 8.85 Å². The van der Waals surface area contributed by atoms with Crippen molar-refractivity contribution >= 4 is 9.28 Å². The molecule has 0 N–H and O–H groups in total. The summed E-state index contributed by atoms with van der Waals surface area (Å²) in [5, 5.41) is 0. The summed E-state index contributed by atoms with van der Waals surface area (Å²) in [5.74, 6) is 0. The fourth-order valence-corrected chi connectivity index (χ4v) is 1.70. The fourth-order valence-electron chi connectivity index (χ4n) is 0.783. The predicted molar refractivity (Wildman–Crippen MR) is 49.8 cm³/mol. The van der Waals surface area contributed by atoms with Crippen LogP contribution in [0, 0.1) is 0 Å². The Balaban J connectivity index is 3.36. The van der Waals surface area contributed by atoms with Crippen molar-refractivity contribution in [2.75, 3.05) is 14.2 Å². The third-order valence-corrected chi connectivity index (χ3v) is 3.00. The summed E-state index contributed by atoms with van der Waals surface area (Å²) >= 11 is 0. The van der Waals surface area contributed by atoms with E-state index in [2.05, 4.69) is 18.7 Å². The quantitative estimate of drug-likeness (QED) is 0.451. The Bertz CT molecular complexity index is 100. The fraction of sp³-hybridized carbons (Fsp3) is 0.750. The third-order valence-electron chi connectivity index (χ3n) is 1.48. The first-order valence-electron chi connectivity index (χ1n) is 4.07. The first kappa shape index (κ1) is 10.9. The van der Waals surface area contributed by atoms with Crippen molar-refractivity contribution in [3.8, 4) is 0 Å². The van der Waals surface area contributed by atoms with Crippen LogP contribution < -0.4 is 0 Å². The van der Waals surface area contributed by atoms with Gasteiger partial charge in [0.05, 0.1) is 0 Å². The normalized spacial score (nSPS) is 11.6. The molecular formula is C8H18O2Si. The van der Waals surface area contributed by atoms with Crippen molar-refractivity contribution in [3.05, 3.63) is 11.8 Å². The Morgan fingerprint density at radius 1 is 1.27 bits per heavy atom. The van der Waals surface area contributed by atoms with Gasteiger partial charge in [-0.25, -0.2) is 0 Å². The molecule has 2 nitrogen and oxygen atoms in total. The minimum absolute atomic E-state index is 1.15. The van der Waals surface area contributed by atoms with Crippen LogP contribution in [0.1, 0.15) is 26.2 Å². The molecule has 66 valence electrons. The van der Waals surface area contributed by atoms with Gasteiger partial charge in [0.2, 0.25) is 0 Å². The molecule has 0 aromatic heterocycles. The first-order valence-corrected chi connectivity index (χ1v) is 5.68. The summed E-state index contributed by atoms with van der Waals surface area (Å²) in [4.78, 5) is 0. The molecule has 0 aromatic rings. The number of unbranched alkanes of at least 4 members (excludes halogenated alkanes) is 2. The molecule has 0 unspecified atom stereocenters. The van der Waals surface area contributed by atoms with Crippen LogP contribution >= 0.6 is 0 Å². The Labute approximate surface area is 71.1 Å². The second-order valence-electron chi connectivity index (χ2n) is 2.41. The van der Waals surface area contributed by atoms with Crippen molar-refractivity contribution in [2.45, 2.75) is 26.2 Å². The highest BCUT2D eigenvalue weighted by atomic mass is 28.3. The standard InChI is InChI=1S/C8H18O2Si/c1-4-5-6-7-8-11(9-2)10-3/h7-8,11H,4-6H2,1-3H3. The van der Waals surface area contributed by atoms with Gasteiger partial charge >= 0.3 is 9.28 Å². The largest absolute Gasteiger partial charge is 0.397 e. The molecule has 0 amide bonds. The van der Waals surface area contributed by atoms with Gasteiger partial charge in [0.15, 0.2) is 0 Å². The van der Waals surface area contributed by atoms with Crippen LogP contribution in [0.15, 0.2) is 11.8 Å². The Morgan fingerprint density at radius 2 is 1.91 bits per heavy atom. The molecule has 3 heteroatoms. The summed E-state index contributed by atoms with van der Waals surface area (Å²) in [6.07, 6.45) is 5.81. The van der Waals surface area contributed by atoms with Crippen molar-refractivity contribution in [2.24, 2.45) is 0 Å². The summed E-state index contributed by atoms with van der Waals surface area (Å²) in [6.45, 7) is 2.19. The number of allylic oxidation sites excluding steroid dienone is 1. The molecule has 0 saturated carbocycles. The maximum atomic E-state index is 5.11. The summed E-state index contributed by atoms with van der Waals surface area (Å²) in [6, 6.07) is 0. The molecule has 0 rings (SSSR count). The molecule has 0 aliphatic heterocycles. The lowest BCUT2D eigenvalue weighted by Gasteiger charge is -2.03. The van der Waals surface area contributed by atoms with E-state index in [4.69, 9.17) is 8.85 Å². The minimum atomic E-state index is -1.42. The molecule has 11 heavy (non-hydrogen) atoms. The maximum absolute atomic E-state index is 5.11. The summed E-state index contributed by atoms with van der Waals surface area (Å²) in [5.41, 5.74) is 2.08. The molecule has 0 aliphatic rings. The topological polar surface area (TPSA) is 18.5 Å². The molecule has 0 bridgehead atoms. The van der Waals surface area contributed by atoms with Crippen LogP contribution in [0.2, 0.25) is 0 Å². The Hall–Kier alpha value is -0.123. The minimum Gasteiger partial charge on any atom is -0.397 e. The lowest BCUT2D eigenvalue weighted by atomic mass is 10.2. The van der Waals surface area contributed by atoms with Crippen molar-refractivity contribution in [3.63, 3.8) is 0 Å². The van der Waals surface area contributed by atoms with Gasteiger partial charge in [0.1, 0.15) is 0 Å². The van der Waals surface area contributed by atoms with Crippen molar-refractivity contribution < 1.29 is 8.85 Å². The average Bonchev–Trinajstić information content (AvgIpc) is 2.05. The molecule has 0 heterocycles. The third kappa shape index (κ3) is 6.28. The molecule has 0 aliphatic carbocycles. The average molecular weight is 174 g/mol. The second-order valence-corrected chi connectivity index (χ2v) is 4.47. The van der Waals surface area contributed by atoms with Gasteiger partial charge in [-0.05, 0) is 12.1 Å². The highest BCUT2D eigenvalue weighted by Gasteiger charge is 2.01. The van der Waals surface area contributed by atoms with E-state index >= 15 is 0 Å². The zero-order valence-corrected chi connectivity index (χ0v) is 8.82. The van der Waals surface area contributed by atoms with Gasteiger partial charge in [-0.3, -0.25) is 0 Å². The number of hydrogen-bond acceptors (Lipinski definition) is 2. The number of rotatable bonds is 6. The highest BCUT2D eigenvalue weighted by Crippen LogP contribution is 1.96. The van der Waals surface area contributed by atoms with Crippen LogP contribution in [0.3, 0.4) is 0 Å². The zero-order chi connectivity index (χ0) is 8.53. The molecule has 0 saturated heterocycles. The van der Waals surface area contributed by atoms with Crippen molar-refractivity contribution in [1.82, 2.24) is 0 Å². The lowest BCUT2D eigenvalue weighted by molar-refractivity contribution is 0.290. The highest BCUT2D eigenvalue weighted by molar-refractivity contribution is 6.50. The van der Waals surface area contributed by atoms with Gasteiger partial charge in [-0.2, -0.15) is 0 Å². The molecule has 0 atom stereocenters. The van der Waals surface area contributed by atoms with Crippen LogP contribution in [0.5, 0.6) is 0 Å². The van der Waals surface area contributed by atoms with E-state index in [0.717, 1.165) is 6.42 Å². The van der Waals surface area contributed by atoms with Gasteiger partial charge in [-0.15, -0.1) is 0 Å². The van der Waals surface area contributed by atoms with Crippen LogP contribution in [0.4, 0.5) is 0 Å². The van der Waals surface area contributed by atoms with Crippen molar-refractivity contribution in [1.29, 1.82) is 0 Å². The van der Waals surface area contributed by atoms with E-state index < -0.39 is 9.28 Å².